The van der Waals surface area contributed by atoms with Crippen LogP contribution >= 0.6 is 0 Å². The average molecular weight is 449 g/mol. The van der Waals surface area contributed by atoms with Gasteiger partial charge in [0.05, 0.1) is 16.8 Å². The molecule has 0 radical (unpaired) electrons. The summed E-state index contributed by atoms with van der Waals surface area (Å²) in [6, 6.07) is 6.86. The van der Waals surface area contributed by atoms with Crippen molar-refractivity contribution in [1.82, 2.24) is 9.88 Å². The number of furan rings is 1. The second kappa shape index (κ2) is 7.58. The topological polar surface area (TPSA) is 70.1 Å². The Morgan fingerprint density at radius 2 is 1.91 bits per heavy atom. The molecule has 0 spiro atoms. The van der Waals surface area contributed by atoms with Crippen LogP contribution in [-0.4, -0.2) is 34.8 Å². The van der Waals surface area contributed by atoms with Gasteiger partial charge in [0.2, 0.25) is 5.76 Å². The molecule has 10 heteroatoms. The van der Waals surface area contributed by atoms with Gasteiger partial charge in [0.15, 0.2) is 0 Å². The van der Waals surface area contributed by atoms with Gasteiger partial charge in [-0.3, -0.25) is 9.78 Å². The third-order valence-corrected chi connectivity index (χ3v) is 5.53. The van der Waals surface area contributed by atoms with Crippen LogP contribution < -0.4 is 0 Å². The highest BCUT2D eigenvalue weighted by Crippen LogP contribution is 2.40. The minimum absolute atomic E-state index is 0.0831. The van der Waals surface area contributed by atoms with Crippen molar-refractivity contribution in [2.75, 3.05) is 13.1 Å². The number of nitrogens with zero attached hydrogens (tertiary/aromatic N) is 3. The van der Waals surface area contributed by atoms with Crippen LogP contribution in [-0.2, 0) is 6.18 Å². The molecule has 0 bridgehead atoms. The summed E-state index contributed by atoms with van der Waals surface area (Å²) in [6.07, 6.45) is -4.35. The molecule has 0 unspecified atom stereocenters. The maximum absolute atomic E-state index is 13.6. The SMILES string of the molecule is Cc1c(C#N)oc2c(C(F)(F)F)cc(-c3ccc(C(=O)N4CCC(F)(F)CC4)cn3)cc12. The van der Waals surface area contributed by atoms with Gasteiger partial charge in [-0.1, -0.05) is 0 Å². The smallest absolute Gasteiger partial charge is 0.420 e. The first kappa shape index (κ1) is 21.7. The van der Waals surface area contributed by atoms with Crippen molar-refractivity contribution in [3.8, 4) is 17.3 Å². The highest BCUT2D eigenvalue weighted by atomic mass is 19.4. The van der Waals surface area contributed by atoms with E-state index in [0.717, 1.165) is 6.07 Å². The second-order valence-electron chi connectivity index (χ2n) is 7.65. The Hall–Kier alpha value is -3.48. The molecule has 166 valence electrons. The zero-order valence-corrected chi connectivity index (χ0v) is 16.8. The molecule has 0 aliphatic carbocycles. The van der Waals surface area contributed by atoms with E-state index in [1.165, 1.54) is 36.2 Å². The van der Waals surface area contributed by atoms with Gasteiger partial charge in [0.25, 0.3) is 11.8 Å². The molecule has 3 aromatic rings. The van der Waals surface area contributed by atoms with Crippen molar-refractivity contribution in [1.29, 1.82) is 5.26 Å². The Balaban J connectivity index is 1.68. The lowest BCUT2D eigenvalue weighted by atomic mass is 10.0. The number of hydrogen-bond donors (Lipinski definition) is 0. The van der Waals surface area contributed by atoms with Crippen LogP contribution in [0, 0.1) is 18.3 Å². The molecule has 0 atom stereocenters. The summed E-state index contributed by atoms with van der Waals surface area (Å²) in [4.78, 5) is 18.0. The summed E-state index contributed by atoms with van der Waals surface area (Å²) in [5, 5.41) is 9.24. The van der Waals surface area contributed by atoms with Crippen LogP contribution in [0.2, 0.25) is 0 Å². The molecule has 1 aromatic carbocycles. The van der Waals surface area contributed by atoms with E-state index in [9.17, 15) is 26.7 Å². The number of amides is 1. The number of pyridine rings is 1. The van der Waals surface area contributed by atoms with Gasteiger partial charge in [0.1, 0.15) is 11.7 Å². The summed E-state index contributed by atoms with van der Waals surface area (Å²) >= 11 is 0. The van der Waals surface area contributed by atoms with Gasteiger partial charge in [0, 0.05) is 48.6 Å². The monoisotopic (exact) mass is 449 g/mol. The van der Waals surface area contributed by atoms with E-state index in [1.807, 2.05) is 0 Å². The maximum Gasteiger partial charge on any atom is 0.420 e. The van der Waals surface area contributed by atoms with Crippen LogP contribution in [0.1, 0.15) is 40.1 Å². The van der Waals surface area contributed by atoms with Gasteiger partial charge >= 0.3 is 6.18 Å². The number of nitriles is 1. The number of hydrogen-bond acceptors (Lipinski definition) is 4. The number of aryl methyl sites for hydroxylation is 1. The molecule has 4 rings (SSSR count). The molecule has 2 aromatic heterocycles. The van der Waals surface area contributed by atoms with Crippen LogP contribution in [0.15, 0.2) is 34.9 Å². The van der Waals surface area contributed by atoms with Crippen molar-refractivity contribution in [2.24, 2.45) is 0 Å². The molecule has 1 aliphatic rings. The van der Waals surface area contributed by atoms with E-state index in [-0.39, 0.29) is 46.6 Å². The van der Waals surface area contributed by atoms with E-state index >= 15 is 0 Å². The van der Waals surface area contributed by atoms with Crippen molar-refractivity contribution < 1.29 is 31.2 Å². The number of likely N-dealkylation sites (tertiary alicyclic amines) is 1. The third-order valence-electron chi connectivity index (χ3n) is 5.53. The van der Waals surface area contributed by atoms with E-state index in [0.29, 0.717) is 0 Å². The first-order valence-corrected chi connectivity index (χ1v) is 9.68. The summed E-state index contributed by atoms with van der Waals surface area (Å²) in [5.41, 5.74) is -0.714. The normalized spacial score (nSPS) is 16.2. The second-order valence-corrected chi connectivity index (χ2v) is 7.65. The maximum atomic E-state index is 13.6. The number of carbonyl (C=O) groups is 1. The zero-order valence-electron chi connectivity index (χ0n) is 16.8. The van der Waals surface area contributed by atoms with Crippen molar-refractivity contribution >= 4 is 16.9 Å². The molecular formula is C22H16F5N3O2. The largest absolute Gasteiger partial charge is 0.445 e. The standard InChI is InChI=1S/C22H16F5N3O2/c1-12-15-8-14(9-16(22(25,26)27)19(15)32-18(12)10-28)17-3-2-13(11-29-17)20(31)30-6-4-21(23,24)5-7-30/h2-3,8-9,11H,4-7H2,1H3. The molecule has 0 N–H and O–H groups in total. The lowest BCUT2D eigenvalue weighted by Gasteiger charge is -2.31. The minimum Gasteiger partial charge on any atom is -0.445 e. The highest BCUT2D eigenvalue weighted by Gasteiger charge is 2.37. The van der Waals surface area contributed by atoms with Crippen LogP contribution in [0.5, 0.6) is 0 Å². The quantitative estimate of drug-likeness (QED) is 0.480. The number of aromatic nitrogens is 1. The highest BCUT2D eigenvalue weighted by molar-refractivity contribution is 5.94. The molecule has 1 saturated heterocycles. The number of alkyl halides is 5. The predicted octanol–water partition coefficient (Wildman–Crippen LogP) is 5.57. The third kappa shape index (κ3) is 3.90. The molecule has 5 nitrogen and oxygen atoms in total. The number of benzene rings is 1. The first-order valence-electron chi connectivity index (χ1n) is 9.68. The number of halogens is 5. The first-order chi connectivity index (χ1) is 15.0. The van der Waals surface area contributed by atoms with Crippen molar-refractivity contribution in [3.63, 3.8) is 0 Å². The Morgan fingerprint density at radius 1 is 1.22 bits per heavy atom. The number of rotatable bonds is 2. The van der Waals surface area contributed by atoms with Gasteiger partial charge in [-0.15, -0.1) is 0 Å². The summed E-state index contributed by atoms with van der Waals surface area (Å²) in [6.45, 7) is 1.33. The lowest BCUT2D eigenvalue weighted by molar-refractivity contribution is -0.136. The van der Waals surface area contributed by atoms with Gasteiger partial charge in [-0.05, 0) is 31.2 Å². The Kier molecular flexibility index (Phi) is 5.15. The molecule has 0 saturated carbocycles. The number of carbonyl (C=O) groups excluding carboxylic acids is 1. The van der Waals surface area contributed by atoms with Crippen LogP contribution in [0.3, 0.4) is 0 Å². The van der Waals surface area contributed by atoms with E-state index < -0.39 is 42.0 Å². The van der Waals surface area contributed by atoms with E-state index in [1.54, 1.807) is 6.07 Å². The van der Waals surface area contributed by atoms with E-state index in [4.69, 9.17) is 9.68 Å². The summed E-state index contributed by atoms with van der Waals surface area (Å²) < 4.78 is 72.6. The molecular weight excluding hydrogens is 433 g/mol. The number of fused-ring (bicyclic) bond motifs is 1. The molecule has 32 heavy (non-hydrogen) atoms. The van der Waals surface area contributed by atoms with Gasteiger partial charge < -0.3 is 9.32 Å². The van der Waals surface area contributed by atoms with E-state index in [2.05, 4.69) is 4.98 Å². The fourth-order valence-corrected chi connectivity index (χ4v) is 3.69. The number of piperidine rings is 1. The minimum atomic E-state index is -4.72. The lowest BCUT2D eigenvalue weighted by Crippen LogP contribution is -2.42. The summed E-state index contributed by atoms with van der Waals surface area (Å²) in [5.74, 6) is -3.45. The Morgan fingerprint density at radius 3 is 2.47 bits per heavy atom. The average Bonchev–Trinajstić information content (AvgIpc) is 3.07. The van der Waals surface area contributed by atoms with Crippen molar-refractivity contribution in [2.45, 2.75) is 31.9 Å². The predicted molar refractivity (Wildman–Crippen MR) is 104 cm³/mol. The fraction of sp³-hybridized carbons (Fsp3) is 0.318. The molecule has 1 fully saturated rings. The molecule has 3 heterocycles. The zero-order chi connectivity index (χ0) is 23.3. The van der Waals surface area contributed by atoms with Gasteiger partial charge in [-0.25, -0.2) is 8.78 Å². The Labute approximate surface area is 179 Å². The fourth-order valence-electron chi connectivity index (χ4n) is 3.69. The van der Waals surface area contributed by atoms with Crippen molar-refractivity contribution in [3.05, 3.63) is 52.9 Å². The Bertz CT molecular complexity index is 1230. The molecule has 1 aliphatic heterocycles. The molecule has 1 amide bonds. The summed E-state index contributed by atoms with van der Waals surface area (Å²) in [7, 11) is 0. The van der Waals surface area contributed by atoms with Crippen LogP contribution in [0.4, 0.5) is 22.0 Å². The van der Waals surface area contributed by atoms with Crippen LogP contribution in [0.25, 0.3) is 22.2 Å². The van der Waals surface area contributed by atoms with Gasteiger partial charge in [-0.2, -0.15) is 18.4 Å².